The minimum atomic E-state index is -3.79. The molecule has 1 saturated heterocycles. The molecule has 4 rings (SSSR count). The van der Waals surface area contributed by atoms with Crippen molar-refractivity contribution in [1.29, 1.82) is 0 Å². The third kappa shape index (κ3) is 4.26. The molecule has 1 aromatic heterocycles. The number of hydrogen-bond donors (Lipinski definition) is 0. The molecule has 30 heavy (non-hydrogen) atoms. The topological polar surface area (TPSA) is 59.4 Å². The normalized spacial score (nSPS) is 15.3. The van der Waals surface area contributed by atoms with Gasteiger partial charge >= 0.3 is 0 Å². The van der Waals surface area contributed by atoms with E-state index < -0.39 is 21.4 Å². The van der Waals surface area contributed by atoms with Crippen molar-refractivity contribution in [2.24, 2.45) is 0 Å². The number of nitrogens with zero attached hydrogens (tertiary/aromatic N) is 2. The summed E-state index contributed by atoms with van der Waals surface area (Å²) in [7, 11) is -3.79. The lowest BCUT2D eigenvalue weighted by atomic mass is 10.2. The van der Waals surface area contributed by atoms with Crippen molar-refractivity contribution in [3.05, 3.63) is 66.1 Å². The standard InChI is InChI=1S/C23H25FN2O3S/c24-20-11-5-3-9-18(20)17-30(28,29)22-15-26(21-12-6-4-10-19(21)22)16-23(27)25-13-7-1-2-8-14-25/h3-6,9-12,15H,1-2,7-8,13-14,16-17H2. The van der Waals surface area contributed by atoms with Gasteiger partial charge in [-0.3, -0.25) is 4.79 Å². The van der Waals surface area contributed by atoms with E-state index in [9.17, 15) is 17.6 Å². The highest BCUT2D eigenvalue weighted by Gasteiger charge is 2.24. The first-order valence-corrected chi connectivity index (χ1v) is 11.9. The molecule has 1 amide bonds. The third-order valence-corrected chi connectivity index (χ3v) is 7.34. The van der Waals surface area contributed by atoms with Gasteiger partial charge in [-0.1, -0.05) is 49.2 Å². The summed E-state index contributed by atoms with van der Waals surface area (Å²) in [5, 5.41) is 0.553. The number of fused-ring (bicyclic) bond motifs is 1. The van der Waals surface area contributed by atoms with Crippen LogP contribution in [0.3, 0.4) is 0 Å². The van der Waals surface area contributed by atoms with E-state index in [0.29, 0.717) is 10.9 Å². The van der Waals surface area contributed by atoms with Crippen LogP contribution in [0.2, 0.25) is 0 Å². The molecule has 0 atom stereocenters. The zero-order valence-corrected chi connectivity index (χ0v) is 17.6. The molecule has 1 aliphatic heterocycles. The molecule has 0 bridgehead atoms. The first-order chi connectivity index (χ1) is 14.5. The molecule has 1 fully saturated rings. The van der Waals surface area contributed by atoms with E-state index in [1.165, 1.54) is 24.4 Å². The van der Waals surface area contributed by atoms with Gasteiger partial charge in [0, 0.05) is 35.8 Å². The number of carbonyl (C=O) groups is 1. The van der Waals surface area contributed by atoms with Crippen LogP contribution in [0, 0.1) is 5.82 Å². The highest BCUT2D eigenvalue weighted by molar-refractivity contribution is 7.90. The zero-order valence-electron chi connectivity index (χ0n) is 16.8. The Morgan fingerprint density at radius 3 is 2.33 bits per heavy atom. The predicted octanol–water partition coefficient (Wildman–Crippen LogP) is 4.16. The summed E-state index contributed by atoms with van der Waals surface area (Å²) in [6.07, 6.45) is 5.79. The first-order valence-electron chi connectivity index (χ1n) is 10.3. The van der Waals surface area contributed by atoms with Crippen molar-refractivity contribution in [2.45, 2.75) is 42.9 Å². The average Bonchev–Trinajstić information content (AvgIpc) is 2.90. The smallest absolute Gasteiger partial charge is 0.242 e. The van der Waals surface area contributed by atoms with Gasteiger partial charge in [-0.05, 0) is 25.0 Å². The van der Waals surface area contributed by atoms with Gasteiger partial charge in [0.1, 0.15) is 12.4 Å². The monoisotopic (exact) mass is 428 g/mol. The lowest BCUT2D eigenvalue weighted by Crippen LogP contribution is -2.34. The second-order valence-electron chi connectivity index (χ2n) is 7.78. The number of aromatic nitrogens is 1. The highest BCUT2D eigenvalue weighted by atomic mass is 32.2. The van der Waals surface area contributed by atoms with E-state index in [-0.39, 0.29) is 22.9 Å². The number of likely N-dealkylation sites (tertiary alicyclic amines) is 1. The fourth-order valence-electron chi connectivity index (χ4n) is 4.06. The summed E-state index contributed by atoms with van der Waals surface area (Å²) < 4.78 is 42.0. The van der Waals surface area contributed by atoms with Crippen LogP contribution in [0.25, 0.3) is 10.9 Å². The molecule has 2 aromatic carbocycles. The lowest BCUT2D eigenvalue weighted by Gasteiger charge is -2.20. The third-order valence-electron chi connectivity index (χ3n) is 5.65. The Hall–Kier alpha value is -2.67. The number of sulfone groups is 1. The largest absolute Gasteiger partial charge is 0.341 e. The quantitative estimate of drug-likeness (QED) is 0.613. The maximum atomic E-state index is 14.0. The fraction of sp³-hybridized carbons (Fsp3) is 0.348. The SMILES string of the molecule is O=C(Cn1cc(S(=O)(=O)Cc2ccccc2F)c2ccccc21)N1CCCCCC1. The van der Waals surface area contributed by atoms with Crippen LogP contribution in [-0.2, 0) is 26.9 Å². The molecule has 0 saturated carbocycles. The summed E-state index contributed by atoms with van der Waals surface area (Å²) in [5.74, 6) is -0.967. The van der Waals surface area contributed by atoms with Crippen LogP contribution >= 0.6 is 0 Å². The van der Waals surface area contributed by atoms with Gasteiger partial charge in [0.2, 0.25) is 5.91 Å². The van der Waals surface area contributed by atoms with Crippen LogP contribution in [0.1, 0.15) is 31.2 Å². The molecule has 0 unspecified atom stereocenters. The van der Waals surface area contributed by atoms with Gasteiger partial charge < -0.3 is 9.47 Å². The van der Waals surface area contributed by atoms with Crippen molar-refractivity contribution in [3.8, 4) is 0 Å². The van der Waals surface area contributed by atoms with Gasteiger partial charge in [0.25, 0.3) is 0 Å². The van der Waals surface area contributed by atoms with E-state index in [1.54, 1.807) is 22.8 Å². The van der Waals surface area contributed by atoms with Gasteiger partial charge in [0.05, 0.1) is 10.6 Å². The Labute approximate surface area is 176 Å². The minimum Gasteiger partial charge on any atom is -0.341 e. The Morgan fingerprint density at radius 2 is 1.60 bits per heavy atom. The van der Waals surface area contributed by atoms with E-state index in [2.05, 4.69) is 0 Å². The maximum absolute atomic E-state index is 14.0. The van der Waals surface area contributed by atoms with E-state index >= 15 is 0 Å². The minimum absolute atomic E-state index is 0.00398. The summed E-state index contributed by atoms with van der Waals surface area (Å²) in [6.45, 7) is 1.59. The average molecular weight is 429 g/mol. The van der Waals surface area contributed by atoms with Crippen molar-refractivity contribution < 1.29 is 17.6 Å². The number of hydrogen-bond acceptors (Lipinski definition) is 3. The van der Waals surface area contributed by atoms with Crippen LogP contribution < -0.4 is 0 Å². The second-order valence-corrected chi connectivity index (χ2v) is 9.74. The molecule has 1 aliphatic rings. The Kier molecular flexibility index (Phi) is 5.90. The van der Waals surface area contributed by atoms with Crippen molar-refractivity contribution in [2.75, 3.05) is 13.1 Å². The maximum Gasteiger partial charge on any atom is 0.242 e. The number of amides is 1. The summed E-state index contributed by atoms with van der Waals surface area (Å²) >= 11 is 0. The summed E-state index contributed by atoms with van der Waals surface area (Å²) in [5.41, 5.74) is 0.822. The van der Waals surface area contributed by atoms with Crippen molar-refractivity contribution >= 4 is 26.6 Å². The molecular weight excluding hydrogens is 403 g/mol. The van der Waals surface area contributed by atoms with E-state index in [4.69, 9.17) is 0 Å². The Balaban J connectivity index is 1.67. The van der Waals surface area contributed by atoms with Crippen molar-refractivity contribution in [3.63, 3.8) is 0 Å². The summed E-state index contributed by atoms with van der Waals surface area (Å²) in [4.78, 5) is 14.9. The molecule has 158 valence electrons. The van der Waals surface area contributed by atoms with Gasteiger partial charge in [-0.25, -0.2) is 12.8 Å². The molecule has 0 spiro atoms. The predicted molar refractivity (Wildman–Crippen MR) is 114 cm³/mol. The molecule has 2 heterocycles. The number of rotatable bonds is 5. The zero-order chi connectivity index (χ0) is 21.1. The lowest BCUT2D eigenvalue weighted by molar-refractivity contribution is -0.131. The Morgan fingerprint density at radius 1 is 0.933 bits per heavy atom. The second kappa shape index (κ2) is 8.60. The molecule has 0 N–H and O–H groups in total. The number of benzene rings is 2. The molecule has 5 nitrogen and oxygen atoms in total. The van der Waals surface area contributed by atoms with Crippen LogP contribution in [0.4, 0.5) is 4.39 Å². The molecule has 7 heteroatoms. The van der Waals surface area contributed by atoms with Crippen LogP contribution in [0.15, 0.2) is 59.6 Å². The van der Waals surface area contributed by atoms with Gasteiger partial charge in [0.15, 0.2) is 9.84 Å². The fourth-order valence-corrected chi connectivity index (χ4v) is 5.65. The van der Waals surface area contributed by atoms with Crippen molar-refractivity contribution in [1.82, 2.24) is 9.47 Å². The van der Waals surface area contributed by atoms with E-state index in [1.807, 2.05) is 17.0 Å². The summed E-state index contributed by atoms with van der Waals surface area (Å²) in [6, 6.07) is 13.0. The molecular formula is C23H25FN2O3S. The number of halogens is 1. The van der Waals surface area contributed by atoms with Gasteiger partial charge in [-0.15, -0.1) is 0 Å². The molecule has 0 aliphatic carbocycles. The number of carbonyl (C=O) groups excluding carboxylic acids is 1. The van der Waals surface area contributed by atoms with Crippen LogP contribution in [-0.4, -0.2) is 36.9 Å². The Bertz CT molecular complexity index is 1160. The highest BCUT2D eigenvalue weighted by Crippen LogP contribution is 2.28. The van der Waals surface area contributed by atoms with E-state index in [0.717, 1.165) is 38.8 Å². The van der Waals surface area contributed by atoms with Crippen LogP contribution in [0.5, 0.6) is 0 Å². The molecule has 0 radical (unpaired) electrons. The van der Waals surface area contributed by atoms with Gasteiger partial charge in [-0.2, -0.15) is 0 Å². The first kappa shape index (κ1) is 20.6. The molecule has 3 aromatic rings. The number of para-hydroxylation sites is 1.